The Hall–Kier alpha value is -2.72. The third-order valence-electron chi connectivity index (χ3n) is 5.15. The molecule has 176 valence electrons. The number of furan rings is 1. The van der Waals surface area contributed by atoms with Crippen LogP contribution in [0.25, 0.3) is 0 Å². The van der Waals surface area contributed by atoms with Crippen LogP contribution in [0.3, 0.4) is 0 Å². The largest absolute Gasteiger partial charge is 0.462 e. The molecule has 0 spiro atoms. The number of hydrazone groups is 1. The van der Waals surface area contributed by atoms with E-state index in [9.17, 15) is 0 Å². The van der Waals surface area contributed by atoms with E-state index in [0.29, 0.717) is 30.3 Å². The van der Waals surface area contributed by atoms with Crippen LogP contribution in [0, 0.1) is 13.8 Å². The van der Waals surface area contributed by atoms with Gasteiger partial charge in [-0.3, -0.25) is 4.90 Å². The molecule has 1 N–H and O–H groups in total. The Morgan fingerprint density at radius 3 is 2.56 bits per heavy atom. The molecule has 3 heterocycles. The van der Waals surface area contributed by atoms with Crippen molar-refractivity contribution >= 4 is 18.0 Å². The summed E-state index contributed by atoms with van der Waals surface area (Å²) in [7, 11) is 0. The Morgan fingerprint density at radius 2 is 1.91 bits per heavy atom. The molecule has 2 aromatic heterocycles. The van der Waals surface area contributed by atoms with E-state index >= 15 is 0 Å². The minimum Gasteiger partial charge on any atom is -0.462 e. The maximum absolute atomic E-state index is 5.91. The van der Waals surface area contributed by atoms with E-state index in [-0.39, 0.29) is 0 Å². The molecular weight excluding hydrogens is 410 g/mol. The quantitative estimate of drug-likeness (QED) is 0.390. The van der Waals surface area contributed by atoms with Gasteiger partial charge in [0.1, 0.15) is 12.4 Å². The van der Waals surface area contributed by atoms with Crippen molar-refractivity contribution in [3.05, 3.63) is 23.2 Å². The number of nitrogens with zero attached hydrogens (tertiary/aromatic N) is 6. The number of rotatable bonds is 12. The van der Waals surface area contributed by atoms with Crippen LogP contribution in [0.15, 0.2) is 15.6 Å². The van der Waals surface area contributed by atoms with Crippen molar-refractivity contribution in [1.82, 2.24) is 19.9 Å². The van der Waals surface area contributed by atoms with E-state index in [0.717, 1.165) is 70.1 Å². The molecule has 0 bridgehead atoms. The van der Waals surface area contributed by atoms with Crippen molar-refractivity contribution in [3.8, 4) is 6.01 Å². The van der Waals surface area contributed by atoms with Gasteiger partial charge in [-0.25, -0.2) is 5.43 Å². The zero-order valence-corrected chi connectivity index (χ0v) is 19.6. The number of aromatic nitrogens is 3. The van der Waals surface area contributed by atoms with Crippen molar-refractivity contribution in [2.24, 2.45) is 5.10 Å². The lowest BCUT2D eigenvalue weighted by atomic mass is 10.3. The molecule has 1 fully saturated rings. The van der Waals surface area contributed by atoms with Gasteiger partial charge in [0.2, 0.25) is 11.8 Å². The monoisotopic (exact) mass is 445 g/mol. The van der Waals surface area contributed by atoms with Gasteiger partial charge in [0.15, 0.2) is 5.82 Å². The van der Waals surface area contributed by atoms with Crippen molar-refractivity contribution in [1.29, 1.82) is 0 Å². The molecule has 0 saturated carbocycles. The summed E-state index contributed by atoms with van der Waals surface area (Å²) in [5, 5.41) is 4.24. The molecule has 3 rings (SSSR count). The highest BCUT2D eigenvalue weighted by molar-refractivity contribution is 5.75. The Kier molecular flexibility index (Phi) is 9.24. The second-order valence-electron chi connectivity index (χ2n) is 7.79. The van der Waals surface area contributed by atoms with Gasteiger partial charge < -0.3 is 18.8 Å². The Balaban J connectivity index is 1.71. The molecule has 0 atom stereocenters. The lowest BCUT2D eigenvalue weighted by Gasteiger charge is -2.26. The maximum Gasteiger partial charge on any atom is 0.321 e. The van der Waals surface area contributed by atoms with Crippen LogP contribution in [0.2, 0.25) is 0 Å². The van der Waals surface area contributed by atoms with Crippen LogP contribution in [-0.4, -0.2) is 78.6 Å². The van der Waals surface area contributed by atoms with E-state index in [1.807, 2.05) is 19.9 Å². The smallest absolute Gasteiger partial charge is 0.321 e. The number of ether oxygens (including phenoxy) is 2. The summed E-state index contributed by atoms with van der Waals surface area (Å²) >= 11 is 0. The highest BCUT2D eigenvalue weighted by Gasteiger charge is 2.14. The van der Waals surface area contributed by atoms with Crippen LogP contribution in [0.5, 0.6) is 6.01 Å². The van der Waals surface area contributed by atoms with E-state index in [4.69, 9.17) is 13.9 Å². The second-order valence-corrected chi connectivity index (χ2v) is 7.79. The molecule has 0 amide bonds. The van der Waals surface area contributed by atoms with Crippen LogP contribution in [-0.2, 0) is 4.74 Å². The first kappa shape index (κ1) is 23.9. The molecule has 1 aliphatic heterocycles. The fourth-order valence-corrected chi connectivity index (χ4v) is 3.35. The molecule has 1 saturated heterocycles. The van der Waals surface area contributed by atoms with E-state index < -0.39 is 0 Å². The number of aryl methyl sites for hydroxylation is 2. The SMILES string of the molecule is CCCN(CCC)c1nc(/C=N/Nc2cc(C)c(C)o2)nc(OCCN2CCOCC2)n1. The van der Waals surface area contributed by atoms with Crippen LogP contribution >= 0.6 is 0 Å². The Labute approximate surface area is 190 Å². The van der Waals surface area contributed by atoms with Crippen LogP contribution < -0.4 is 15.1 Å². The molecule has 0 unspecified atom stereocenters. The first-order chi connectivity index (χ1) is 15.6. The van der Waals surface area contributed by atoms with Gasteiger partial charge >= 0.3 is 6.01 Å². The molecule has 1 aliphatic rings. The van der Waals surface area contributed by atoms with Gasteiger partial charge in [0, 0.05) is 38.8 Å². The molecule has 10 nitrogen and oxygen atoms in total. The molecule has 0 aliphatic carbocycles. The third kappa shape index (κ3) is 7.16. The number of hydrogen-bond donors (Lipinski definition) is 1. The lowest BCUT2D eigenvalue weighted by Crippen LogP contribution is -2.38. The fourth-order valence-electron chi connectivity index (χ4n) is 3.35. The average Bonchev–Trinajstić information content (AvgIpc) is 3.11. The van der Waals surface area contributed by atoms with E-state index in [1.165, 1.54) is 0 Å². The van der Waals surface area contributed by atoms with Crippen molar-refractivity contribution in [3.63, 3.8) is 0 Å². The number of nitrogens with one attached hydrogen (secondary N) is 1. The summed E-state index contributed by atoms with van der Waals surface area (Å²) < 4.78 is 16.9. The van der Waals surface area contributed by atoms with Crippen molar-refractivity contribution in [2.75, 3.05) is 62.9 Å². The highest BCUT2D eigenvalue weighted by Crippen LogP contribution is 2.18. The topological polar surface area (TPSA) is 101 Å². The summed E-state index contributed by atoms with van der Waals surface area (Å²) in [5.41, 5.74) is 3.95. The Morgan fingerprint density at radius 1 is 1.16 bits per heavy atom. The van der Waals surface area contributed by atoms with E-state index in [2.05, 4.69) is 49.1 Å². The standard InChI is InChI=1S/C22H35N7O3/c1-5-7-29(8-6-2)21-24-19(16-23-27-20-15-17(3)18(4)32-20)25-22(26-21)31-14-11-28-9-12-30-13-10-28/h15-16,27H,5-14H2,1-4H3/b23-16+. The molecule has 10 heteroatoms. The van der Waals surface area contributed by atoms with Crippen molar-refractivity contribution in [2.45, 2.75) is 40.5 Å². The summed E-state index contributed by atoms with van der Waals surface area (Å²) in [4.78, 5) is 18.1. The van der Waals surface area contributed by atoms with Gasteiger partial charge in [-0.05, 0) is 32.3 Å². The van der Waals surface area contributed by atoms with Gasteiger partial charge in [-0.2, -0.15) is 20.1 Å². The normalized spacial score (nSPS) is 14.8. The molecular formula is C22H35N7O3. The minimum absolute atomic E-state index is 0.312. The lowest BCUT2D eigenvalue weighted by molar-refractivity contribution is 0.0317. The average molecular weight is 446 g/mol. The summed E-state index contributed by atoms with van der Waals surface area (Å²) in [6, 6.07) is 2.21. The predicted octanol–water partition coefficient (Wildman–Crippen LogP) is 2.86. The van der Waals surface area contributed by atoms with E-state index in [1.54, 1.807) is 6.21 Å². The summed E-state index contributed by atoms with van der Waals surface area (Å²) in [6.45, 7) is 14.6. The number of hydrogen-bond acceptors (Lipinski definition) is 10. The minimum atomic E-state index is 0.312. The zero-order chi connectivity index (χ0) is 22.8. The maximum atomic E-state index is 5.91. The van der Waals surface area contributed by atoms with Gasteiger partial charge in [-0.15, -0.1) is 0 Å². The summed E-state index contributed by atoms with van der Waals surface area (Å²) in [5.74, 6) is 2.47. The van der Waals surface area contributed by atoms with Gasteiger partial charge in [-0.1, -0.05) is 13.8 Å². The van der Waals surface area contributed by atoms with Crippen molar-refractivity contribution < 1.29 is 13.9 Å². The van der Waals surface area contributed by atoms with Gasteiger partial charge in [0.25, 0.3) is 0 Å². The van der Waals surface area contributed by atoms with Crippen LogP contribution in [0.4, 0.5) is 11.8 Å². The molecule has 32 heavy (non-hydrogen) atoms. The highest BCUT2D eigenvalue weighted by atomic mass is 16.5. The molecule has 2 aromatic rings. The predicted molar refractivity (Wildman–Crippen MR) is 125 cm³/mol. The number of morpholine rings is 1. The number of anilines is 2. The Bertz CT molecular complexity index is 840. The fraction of sp³-hybridized carbons (Fsp3) is 0.636. The van der Waals surface area contributed by atoms with Crippen LogP contribution in [0.1, 0.15) is 43.8 Å². The first-order valence-corrected chi connectivity index (χ1v) is 11.4. The van der Waals surface area contributed by atoms with Gasteiger partial charge in [0.05, 0.1) is 19.4 Å². The first-order valence-electron chi connectivity index (χ1n) is 11.4. The summed E-state index contributed by atoms with van der Waals surface area (Å²) in [6.07, 6.45) is 3.56. The molecule has 0 radical (unpaired) electrons. The second kappa shape index (κ2) is 12.4. The third-order valence-corrected chi connectivity index (χ3v) is 5.15. The zero-order valence-electron chi connectivity index (χ0n) is 19.6. The molecule has 0 aromatic carbocycles.